The Bertz CT molecular complexity index is 574. The molecular weight excluding hydrogens is 258 g/mol. The summed E-state index contributed by atoms with van der Waals surface area (Å²) in [5.74, 6) is 0.577. The second-order valence-electron chi connectivity index (χ2n) is 4.17. The predicted molar refractivity (Wildman–Crippen MR) is 65.0 cm³/mol. The molecule has 1 aliphatic rings. The van der Waals surface area contributed by atoms with Crippen LogP contribution in [0.2, 0.25) is 0 Å². The van der Waals surface area contributed by atoms with Gasteiger partial charge in [0.1, 0.15) is 18.1 Å². The summed E-state index contributed by atoms with van der Waals surface area (Å²) in [7, 11) is 0. The standard InChI is InChI=1S/C10H12ClN5O2/c11-2-6-5(17)1-7(18-6)16-4-15-8-9(12)13-3-14-10(8)16/h3-7,17H,1-2H2,(H2,12,13,14)/t5-,6+,7+/m0/s1. The van der Waals surface area contributed by atoms with Gasteiger partial charge in [0.2, 0.25) is 0 Å². The van der Waals surface area contributed by atoms with Gasteiger partial charge in [-0.25, -0.2) is 15.0 Å². The van der Waals surface area contributed by atoms with E-state index in [1.54, 1.807) is 10.9 Å². The van der Waals surface area contributed by atoms with E-state index in [4.69, 9.17) is 22.1 Å². The average Bonchev–Trinajstić information content (AvgIpc) is 2.93. The number of imidazole rings is 1. The topological polar surface area (TPSA) is 99.1 Å². The molecule has 0 aromatic carbocycles. The van der Waals surface area contributed by atoms with Crippen LogP contribution in [0.4, 0.5) is 5.82 Å². The monoisotopic (exact) mass is 269 g/mol. The van der Waals surface area contributed by atoms with Crippen LogP contribution in [0.1, 0.15) is 12.6 Å². The lowest BCUT2D eigenvalue weighted by molar-refractivity contribution is -0.00442. The van der Waals surface area contributed by atoms with Crippen molar-refractivity contribution in [3.63, 3.8) is 0 Å². The van der Waals surface area contributed by atoms with Crippen molar-refractivity contribution in [2.75, 3.05) is 11.6 Å². The number of aromatic nitrogens is 4. The maximum Gasteiger partial charge on any atom is 0.167 e. The molecule has 0 aliphatic carbocycles. The van der Waals surface area contributed by atoms with Gasteiger partial charge in [-0.15, -0.1) is 11.6 Å². The number of halogens is 1. The summed E-state index contributed by atoms with van der Waals surface area (Å²) >= 11 is 5.72. The first-order valence-corrected chi connectivity index (χ1v) is 6.06. The fraction of sp³-hybridized carbons (Fsp3) is 0.500. The fourth-order valence-electron chi connectivity index (χ4n) is 2.11. The molecule has 0 spiro atoms. The Morgan fingerprint density at radius 3 is 3.06 bits per heavy atom. The van der Waals surface area contributed by atoms with Crippen molar-refractivity contribution in [1.29, 1.82) is 0 Å². The number of nitrogen functional groups attached to an aromatic ring is 1. The van der Waals surface area contributed by atoms with E-state index in [1.165, 1.54) is 6.33 Å². The van der Waals surface area contributed by atoms with Crippen LogP contribution in [0.15, 0.2) is 12.7 Å². The molecule has 3 rings (SSSR count). The van der Waals surface area contributed by atoms with Gasteiger partial charge in [0.05, 0.1) is 24.4 Å². The molecule has 3 N–H and O–H groups in total. The summed E-state index contributed by atoms with van der Waals surface area (Å²) in [6.45, 7) is 0. The van der Waals surface area contributed by atoms with E-state index in [9.17, 15) is 5.11 Å². The van der Waals surface area contributed by atoms with Gasteiger partial charge in [-0.2, -0.15) is 0 Å². The van der Waals surface area contributed by atoms with Crippen LogP contribution in [0.5, 0.6) is 0 Å². The number of alkyl halides is 1. The number of aliphatic hydroxyl groups is 1. The lowest BCUT2D eigenvalue weighted by Gasteiger charge is -2.13. The molecule has 1 fully saturated rings. The number of aliphatic hydroxyl groups excluding tert-OH is 1. The van der Waals surface area contributed by atoms with E-state index >= 15 is 0 Å². The van der Waals surface area contributed by atoms with Crippen LogP contribution < -0.4 is 5.73 Å². The van der Waals surface area contributed by atoms with E-state index in [-0.39, 0.29) is 18.2 Å². The summed E-state index contributed by atoms with van der Waals surface area (Å²) in [6.07, 6.45) is 2.14. The summed E-state index contributed by atoms with van der Waals surface area (Å²) in [6, 6.07) is 0. The number of rotatable bonds is 2. The number of hydrogen-bond acceptors (Lipinski definition) is 6. The minimum absolute atomic E-state index is 0.251. The molecule has 0 amide bonds. The highest BCUT2D eigenvalue weighted by atomic mass is 35.5. The molecule has 0 saturated carbocycles. The Morgan fingerprint density at radius 1 is 1.50 bits per heavy atom. The molecule has 3 heterocycles. The molecule has 1 saturated heterocycles. The smallest absolute Gasteiger partial charge is 0.167 e. The maximum atomic E-state index is 9.78. The van der Waals surface area contributed by atoms with Gasteiger partial charge in [0, 0.05) is 6.42 Å². The highest BCUT2D eigenvalue weighted by molar-refractivity contribution is 6.18. The van der Waals surface area contributed by atoms with Gasteiger partial charge >= 0.3 is 0 Å². The van der Waals surface area contributed by atoms with E-state index in [0.717, 1.165) is 0 Å². The Kier molecular flexibility index (Phi) is 2.81. The first-order chi connectivity index (χ1) is 8.70. The minimum atomic E-state index is -0.580. The van der Waals surface area contributed by atoms with Crippen LogP contribution in [0, 0.1) is 0 Å². The van der Waals surface area contributed by atoms with E-state index < -0.39 is 6.10 Å². The van der Waals surface area contributed by atoms with Crippen molar-refractivity contribution in [3.8, 4) is 0 Å². The van der Waals surface area contributed by atoms with Crippen molar-refractivity contribution in [2.45, 2.75) is 24.9 Å². The second-order valence-corrected chi connectivity index (χ2v) is 4.48. The second kappa shape index (κ2) is 4.34. The molecule has 18 heavy (non-hydrogen) atoms. The van der Waals surface area contributed by atoms with Gasteiger partial charge in [0.25, 0.3) is 0 Å². The number of fused-ring (bicyclic) bond motifs is 1. The molecule has 2 aromatic heterocycles. The predicted octanol–water partition coefficient (Wildman–Crippen LogP) is 0.296. The largest absolute Gasteiger partial charge is 0.390 e. The summed E-state index contributed by atoms with van der Waals surface area (Å²) in [5.41, 5.74) is 6.84. The average molecular weight is 270 g/mol. The third kappa shape index (κ3) is 1.71. The Hall–Kier alpha value is -1.44. The molecule has 96 valence electrons. The molecule has 0 bridgehead atoms. The molecule has 1 aliphatic heterocycles. The van der Waals surface area contributed by atoms with E-state index in [0.29, 0.717) is 23.4 Å². The Labute approximate surface area is 108 Å². The quantitative estimate of drug-likeness (QED) is 0.761. The number of nitrogens with two attached hydrogens (primary N) is 1. The first-order valence-electron chi connectivity index (χ1n) is 5.53. The first kappa shape index (κ1) is 11.6. The molecule has 0 radical (unpaired) electrons. The van der Waals surface area contributed by atoms with Gasteiger partial charge < -0.3 is 15.6 Å². The Morgan fingerprint density at radius 2 is 2.33 bits per heavy atom. The molecular formula is C10H12ClN5O2. The van der Waals surface area contributed by atoms with Crippen LogP contribution in [0.3, 0.4) is 0 Å². The van der Waals surface area contributed by atoms with Crippen LogP contribution in [0.25, 0.3) is 11.2 Å². The summed E-state index contributed by atoms with van der Waals surface area (Å²) in [4.78, 5) is 12.2. The number of hydrogen-bond donors (Lipinski definition) is 2. The summed E-state index contributed by atoms with van der Waals surface area (Å²) in [5, 5.41) is 9.78. The number of ether oxygens (including phenoxy) is 1. The number of nitrogens with zero attached hydrogens (tertiary/aromatic N) is 4. The molecule has 2 aromatic rings. The van der Waals surface area contributed by atoms with Crippen molar-refractivity contribution in [1.82, 2.24) is 19.5 Å². The Balaban J connectivity index is 1.99. The van der Waals surface area contributed by atoms with E-state index in [1.807, 2.05) is 0 Å². The zero-order chi connectivity index (χ0) is 12.7. The molecule has 8 heteroatoms. The lowest BCUT2D eigenvalue weighted by Crippen LogP contribution is -2.22. The maximum absolute atomic E-state index is 9.78. The van der Waals surface area contributed by atoms with Crippen molar-refractivity contribution in [3.05, 3.63) is 12.7 Å². The molecule has 0 unspecified atom stereocenters. The number of anilines is 1. The van der Waals surface area contributed by atoms with E-state index in [2.05, 4.69) is 15.0 Å². The third-order valence-electron chi connectivity index (χ3n) is 3.05. The lowest BCUT2D eigenvalue weighted by atomic mass is 10.2. The minimum Gasteiger partial charge on any atom is -0.390 e. The highest BCUT2D eigenvalue weighted by Gasteiger charge is 2.35. The van der Waals surface area contributed by atoms with Crippen molar-refractivity contribution < 1.29 is 9.84 Å². The molecule has 3 atom stereocenters. The van der Waals surface area contributed by atoms with Gasteiger partial charge in [0.15, 0.2) is 11.5 Å². The molecule has 7 nitrogen and oxygen atoms in total. The van der Waals surface area contributed by atoms with Gasteiger partial charge in [-0.1, -0.05) is 0 Å². The van der Waals surface area contributed by atoms with Crippen LogP contribution in [-0.4, -0.2) is 42.7 Å². The normalized spacial score (nSPS) is 28.0. The van der Waals surface area contributed by atoms with Crippen LogP contribution in [-0.2, 0) is 4.74 Å². The van der Waals surface area contributed by atoms with Crippen molar-refractivity contribution in [2.24, 2.45) is 0 Å². The fourth-order valence-corrected chi connectivity index (χ4v) is 2.38. The zero-order valence-corrected chi connectivity index (χ0v) is 10.2. The zero-order valence-electron chi connectivity index (χ0n) is 9.40. The van der Waals surface area contributed by atoms with Crippen molar-refractivity contribution >= 4 is 28.6 Å². The SMILES string of the molecule is Nc1ncnc2c1ncn2[C@H]1C[C@H](O)[C@@H](CCl)O1. The highest BCUT2D eigenvalue weighted by Crippen LogP contribution is 2.31. The third-order valence-corrected chi connectivity index (χ3v) is 3.36. The van der Waals surface area contributed by atoms with Gasteiger partial charge in [-0.3, -0.25) is 4.57 Å². The van der Waals surface area contributed by atoms with Crippen LogP contribution >= 0.6 is 11.6 Å². The summed E-state index contributed by atoms with van der Waals surface area (Å²) < 4.78 is 7.39. The van der Waals surface area contributed by atoms with Gasteiger partial charge in [-0.05, 0) is 0 Å².